The largest absolute Gasteiger partial charge is 0.350 e. The van der Waals surface area contributed by atoms with E-state index in [4.69, 9.17) is 4.52 Å². The number of hydrogen-bond acceptors (Lipinski definition) is 1. The van der Waals surface area contributed by atoms with Crippen LogP contribution in [0.2, 0.25) is 0 Å². The minimum absolute atomic E-state index is 0.953. The van der Waals surface area contributed by atoms with Crippen LogP contribution in [0.15, 0.2) is 59.3 Å². The SMILES string of the molecule is C[n+]1ccc2cccc3c2c1c1c2c(o[n+]1C)c1ccccc1n32. The molecular weight excluding hydrogens is 298 g/mol. The maximum atomic E-state index is 6.16. The predicted molar refractivity (Wildman–Crippen MR) is 93.2 cm³/mol. The first kappa shape index (κ1) is 12.3. The summed E-state index contributed by atoms with van der Waals surface area (Å²) in [5, 5.41) is 3.68. The molecule has 6 rings (SSSR count). The molecule has 6 aromatic rings. The monoisotopic (exact) mass is 313 g/mol. The fourth-order valence-electron chi connectivity index (χ4n) is 4.23. The van der Waals surface area contributed by atoms with Crippen LogP contribution >= 0.6 is 0 Å². The number of pyridine rings is 2. The molecule has 24 heavy (non-hydrogen) atoms. The number of hydrogen-bond donors (Lipinski definition) is 0. The zero-order valence-corrected chi connectivity index (χ0v) is 13.4. The minimum Gasteiger partial charge on any atom is -0.299 e. The van der Waals surface area contributed by atoms with Crippen molar-refractivity contribution in [1.82, 2.24) is 4.40 Å². The van der Waals surface area contributed by atoms with E-state index in [0.29, 0.717) is 0 Å². The Balaban J connectivity index is 2.17. The summed E-state index contributed by atoms with van der Waals surface area (Å²) in [6.07, 6.45) is 2.12. The van der Waals surface area contributed by atoms with Gasteiger partial charge in [-0.05, 0) is 28.3 Å². The summed E-state index contributed by atoms with van der Waals surface area (Å²) >= 11 is 0. The molecule has 0 aliphatic carbocycles. The van der Waals surface area contributed by atoms with E-state index < -0.39 is 0 Å². The van der Waals surface area contributed by atoms with Gasteiger partial charge in [-0.25, -0.2) is 4.52 Å². The standard InChI is InChI=1S/C20H15N3O/c1-21-11-10-12-6-5-9-15-16(12)17(21)18-19-20(24-22(18)2)13-7-3-4-8-14(13)23(15)19/h3-11H,1-2H3/q+2. The molecule has 0 radical (unpaired) electrons. The van der Waals surface area contributed by atoms with Gasteiger partial charge in [0.05, 0.1) is 21.8 Å². The smallest absolute Gasteiger partial charge is 0.299 e. The second-order valence-electron chi connectivity index (χ2n) is 6.48. The molecule has 0 spiro atoms. The lowest BCUT2D eigenvalue weighted by Gasteiger charge is -2.06. The summed E-state index contributed by atoms with van der Waals surface area (Å²) in [7, 11) is 4.09. The van der Waals surface area contributed by atoms with E-state index in [2.05, 4.69) is 70.7 Å². The van der Waals surface area contributed by atoms with Gasteiger partial charge < -0.3 is 0 Å². The van der Waals surface area contributed by atoms with Gasteiger partial charge in [-0.1, -0.05) is 24.3 Å². The Morgan fingerprint density at radius 1 is 0.875 bits per heavy atom. The average molecular weight is 313 g/mol. The Kier molecular flexibility index (Phi) is 1.97. The zero-order valence-electron chi connectivity index (χ0n) is 13.4. The van der Waals surface area contributed by atoms with Crippen LogP contribution in [-0.2, 0) is 14.1 Å². The third-order valence-corrected chi connectivity index (χ3v) is 5.20. The van der Waals surface area contributed by atoms with E-state index >= 15 is 0 Å². The predicted octanol–water partition coefficient (Wildman–Crippen LogP) is 3.23. The lowest BCUT2D eigenvalue weighted by atomic mass is 10.1. The van der Waals surface area contributed by atoms with Crippen molar-refractivity contribution in [1.29, 1.82) is 0 Å². The van der Waals surface area contributed by atoms with Crippen LogP contribution in [-0.4, -0.2) is 4.40 Å². The van der Waals surface area contributed by atoms with Crippen molar-refractivity contribution in [3.05, 3.63) is 54.7 Å². The Morgan fingerprint density at radius 2 is 1.71 bits per heavy atom. The van der Waals surface area contributed by atoms with Crippen molar-refractivity contribution in [3.63, 3.8) is 0 Å². The number of aryl methyl sites for hydroxylation is 2. The fraction of sp³-hybridized carbons (Fsp3) is 0.100. The summed E-state index contributed by atoms with van der Waals surface area (Å²) in [4.78, 5) is 0. The van der Waals surface area contributed by atoms with Crippen LogP contribution in [0.25, 0.3) is 49.3 Å². The Morgan fingerprint density at radius 3 is 2.62 bits per heavy atom. The number of benzene rings is 2. The fourth-order valence-corrected chi connectivity index (χ4v) is 4.23. The normalized spacial score (nSPS) is 12.6. The van der Waals surface area contributed by atoms with E-state index in [-0.39, 0.29) is 0 Å². The van der Waals surface area contributed by atoms with E-state index in [1.54, 1.807) is 0 Å². The number of para-hydroxylation sites is 1. The zero-order chi connectivity index (χ0) is 16.0. The molecule has 0 bridgehead atoms. The van der Waals surface area contributed by atoms with Crippen molar-refractivity contribution < 1.29 is 13.8 Å². The van der Waals surface area contributed by atoms with Gasteiger partial charge in [0, 0.05) is 6.07 Å². The number of aromatic nitrogens is 3. The number of fused-ring (bicyclic) bond motifs is 5. The molecule has 0 fully saturated rings. The minimum atomic E-state index is 0.953. The Bertz CT molecular complexity index is 1420. The molecule has 0 N–H and O–H groups in total. The summed E-state index contributed by atoms with van der Waals surface area (Å²) in [6, 6.07) is 17.2. The molecule has 4 heterocycles. The van der Waals surface area contributed by atoms with Gasteiger partial charge >= 0.3 is 5.52 Å². The van der Waals surface area contributed by atoms with E-state index in [1.165, 1.54) is 27.3 Å². The summed E-state index contributed by atoms with van der Waals surface area (Å²) in [5.74, 6) is 0. The highest BCUT2D eigenvalue weighted by Crippen LogP contribution is 2.37. The van der Waals surface area contributed by atoms with Crippen molar-refractivity contribution in [2.75, 3.05) is 0 Å². The summed E-state index contributed by atoms with van der Waals surface area (Å²) < 4.78 is 12.6. The van der Waals surface area contributed by atoms with Gasteiger partial charge in [-0.3, -0.25) is 4.40 Å². The maximum Gasteiger partial charge on any atom is 0.350 e. The second-order valence-corrected chi connectivity index (χ2v) is 6.48. The summed E-state index contributed by atoms with van der Waals surface area (Å²) in [5.41, 5.74) is 6.86. The quantitative estimate of drug-likeness (QED) is 0.395. The summed E-state index contributed by atoms with van der Waals surface area (Å²) in [6.45, 7) is 0. The van der Waals surface area contributed by atoms with Gasteiger partial charge in [0.25, 0.3) is 5.52 Å². The van der Waals surface area contributed by atoms with E-state index in [9.17, 15) is 0 Å². The molecular formula is C20H15N3O+2. The van der Waals surface area contributed by atoms with Crippen molar-refractivity contribution >= 4 is 49.3 Å². The lowest BCUT2D eigenvalue weighted by molar-refractivity contribution is -0.821. The lowest BCUT2D eigenvalue weighted by Crippen LogP contribution is -2.33. The van der Waals surface area contributed by atoms with Crippen LogP contribution in [0, 0.1) is 0 Å². The van der Waals surface area contributed by atoms with Crippen LogP contribution in [0.1, 0.15) is 0 Å². The molecule has 4 heteroatoms. The molecule has 114 valence electrons. The van der Waals surface area contributed by atoms with E-state index in [0.717, 1.165) is 22.0 Å². The molecule has 0 atom stereocenters. The van der Waals surface area contributed by atoms with Crippen molar-refractivity contribution in [2.24, 2.45) is 14.1 Å². The van der Waals surface area contributed by atoms with E-state index in [1.807, 2.05) is 11.8 Å². The highest BCUT2D eigenvalue weighted by molar-refractivity contribution is 6.21. The van der Waals surface area contributed by atoms with Crippen LogP contribution in [0.4, 0.5) is 0 Å². The van der Waals surface area contributed by atoms with Gasteiger partial charge in [0.15, 0.2) is 18.8 Å². The molecule has 0 amide bonds. The second kappa shape index (κ2) is 3.85. The van der Waals surface area contributed by atoms with Crippen LogP contribution in [0.5, 0.6) is 0 Å². The molecule has 0 saturated carbocycles. The highest BCUT2D eigenvalue weighted by Gasteiger charge is 2.32. The number of rotatable bonds is 0. The van der Waals surface area contributed by atoms with Crippen molar-refractivity contribution in [3.8, 4) is 0 Å². The Labute approximate surface area is 137 Å². The third kappa shape index (κ3) is 1.20. The highest BCUT2D eigenvalue weighted by atomic mass is 16.5. The third-order valence-electron chi connectivity index (χ3n) is 5.20. The Hall–Kier alpha value is -3.14. The maximum absolute atomic E-state index is 6.16. The molecule has 0 aliphatic rings. The molecule has 4 nitrogen and oxygen atoms in total. The first-order chi connectivity index (χ1) is 11.8. The average Bonchev–Trinajstić information content (AvgIpc) is 3.10. The molecule has 4 aromatic heterocycles. The molecule has 0 aliphatic heterocycles. The van der Waals surface area contributed by atoms with Crippen LogP contribution in [0.3, 0.4) is 0 Å². The first-order valence-electron chi connectivity index (χ1n) is 8.10. The van der Waals surface area contributed by atoms with Crippen molar-refractivity contribution in [2.45, 2.75) is 0 Å². The van der Waals surface area contributed by atoms with Gasteiger partial charge in [-0.2, -0.15) is 4.57 Å². The molecule has 0 saturated heterocycles. The number of nitrogens with zero attached hydrogens (tertiary/aromatic N) is 3. The van der Waals surface area contributed by atoms with Crippen LogP contribution < -0.4 is 9.31 Å². The van der Waals surface area contributed by atoms with Gasteiger partial charge in [0.1, 0.15) is 7.05 Å². The molecule has 2 aromatic carbocycles. The van der Waals surface area contributed by atoms with Gasteiger partial charge in [-0.15, -0.1) is 0 Å². The topological polar surface area (TPSA) is 25.3 Å². The first-order valence-corrected chi connectivity index (χ1v) is 8.10. The van der Waals surface area contributed by atoms with Gasteiger partial charge in [0.2, 0.25) is 5.58 Å². The molecule has 0 unspecified atom stereocenters.